The average Bonchev–Trinajstić information content (AvgIpc) is 2.08. The van der Waals surface area contributed by atoms with Crippen LogP contribution >= 0.6 is 0 Å². The Kier molecular flexibility index (Phi) is 2.41. The molecule has 0 radical (unpaired) electrons. The molecule has 0 saturated heterocycles. The lowest BCUT2D eigenvalue weighted by molar-refractivity contribution is -0.137. The molecule has 1 heterocycles. The number of carbonyl (C=O) groups excluding carboxylic acids is 1. The lowest BCUT2D eigenvalue weighted by Gasteiger charge is -2.11. The number of carbonyl (C=O) groups is 3. The summed E-state index contributed by atoms with van der Waals surface area (Å²) in [4.78, 5) is 34.6. The van der Waals surface area contributed by atoms with Crippen LogP contribution in [0.2, 0.25) is 0 Å². The molecule has 6 nitrogen and oxygen atoms in total. The van der Waals surface area contributed by atoms with E-state index in [0.717, 1.165) is 0 Å². The standard InChI is InChI=1S/C7H4FNO5/c8-4-2(10)1-9-5(7(13)14)3(4)6(11)12/h1,4H,(H,11,12)(H,13,14). The number of hydrogen-bond donors (Lipinski definition) is 2. The summed E-state index contributed by atoms with van der Waals surface area (Å²) >= 11 is 0. The van der Waals surface area contributed by atoms with Gasteiger partial charge in [0.05, 0.1) is 6.21 Å². The van der Waals surface area contributed by atoms with Crippen molar-refractivity contribution in [3.8, 4) is 0 Å². The number of rotatable bonds is 2. The molecule has 7 heteroatoms. The van der Waals surface area contributed by atoms with Gasteiger partial charge in [-0.05, 0) is 0 Å². The molecule has 0 spiro atoms. The molecule has 0 aromatic carbocycles. The van der Waals surface area contributed by atoms with Gasteiger partial charge >= 0.3 is 11.9 Å². The first-order valence-corrected chi connectivity index (χ1v) is 3.38. The van der Waals surface area contributed by atoms with Crippen LogP contribution in [0.25, 0.3) is 0 Å². The average molecular weight is 201 g/mol. The van der Waals surface area contributed by atoms with Crippen molar-refractivity contribution < 1.29 is 29.0 Å². The van der Waals surface area contributed by atoms with Crippen LogP contribution in [0.4, 0.5) is 4.39 Å². The molecule has 2 N–H and O–H groups in total. The molecule has 1 aliphatic heterocycles. The molecule has 0 fully saturated rings. The van der Waals surface area contributed by atoms with Crippen molar-refractivity contribution in [3.05, 3.63) is 11.3 Å². The third-order valence-corrected chi connectivity index (χ3v) is 1.51. The topological polar surface area (TPSA) is 104 Å². The zero-order valence-electron chi connectivity index (χ0n) is 6.60. The van der Waals surface area contributed by atoms with Crippen LogP contribution in [0.3, 0.4) is 0 Å². The minimum Gasteiger partial charge on any atom is -0.478 e. The van der Waals surface area contributed by atoms with Crippen molar-refractivity contribution in [2.45, 2.75) is 6.17 Å². The molecular weight excluding hydrogens is 197 g/mol. The van der Waals surface area contributed by atoms with E-state index >= 15 is 0 Å². The van der Waals surface area contributed by atoms with E-state index in [-0.39, 0.29) is 0 Å². The maximum absolute atomic E-state index is 13.0. The Morgan fingerprint density at radius 3 is 2.36 bits per heavy atom. The van der Waals surface area contributed by atoms with Crippen molar-refractivity contribution in [2.24, 2.45) is 4.99 Å². The van der Waals surface area contributed by atoms with E-state index in [0.29, 0.717) is 6.21 Å². The highest BCUT2D eigenvalue weighted by atomic mass is 19.1. The predicted octanol–water partition coefficient (Wildman–Crippen LogP) is -0.599. The van der Waals surface area contributed by atoms with Gasteiger partial charge in [0, 0.05) is 0 Å². The highest BCUT2D eigenvalue weighted by Crippen LogP contribution is 2.18. The van der Waals surface area contributed by atoms with Gasteiger partial charge in [-0.25, -0.2) is 19.0 Å². The first kappa shape index (κ1) is 10.0. The van der Waals surface area contributed by atoms with Crippen LogP contribution in [-0.2, 0) is 14.4 Å². The molecule has 1 unspecified atom stereocenters. The van der Waals surface area contributed by atoms with Gasteiger partial charge in [0.2, 0.25) is 5.78 Å². The monoisotopic (exact) mass is 201 g/mol. The number of carboxylic acids is 2. The summed E-state index contributed by atoms with van der Waals surface area (Å²) in [7, 11) is 0. The van der Waals surface area contributed by atoms with Crippen LogP contribution < -0.4 is 0 Å². The zero-order chi connectivity index (χ0) is 10.9. The van der Waals surface area contributed by atoms with Gasteiger partial charge in [0.15, 0.2) is 11.9 Å². The van der Waals surface area contributed by atoms with Crippen molar-refractivity contribution in [3.63, 3.8) is 0 Å². The normalized spacial score (nSPS) is 21.2. The second-order valence-corrected chi connectivity index (χ2v) is 2.40. The highest BCUT2D eigenvalue weighted by molar-refractivity contribution is 6.34. The van der Waals surface area contributed by atoms with Crippen molar-refractivity contribution in [1.29, 1.82) is 0 Å². The number of nitrogens with zero attached hydrogens (tertiary/aromatic N) is 1. The Hall–Kier alpha value is -2.05. The molecule has 0 amide bonds. The molecule has 0 aliphatic carbocycles. The van der Waals surface area contributed by atoms with E-state index in [1.807, 2.05) is 0 Å². The van der Waals surface area contributed by atoms with Gasteiger partial charge in [0.1, 0.15) is 5.57 Å². The van der Waals surface area contributed by atoms with Crippen LogP contribution in [0.5, 0.6) is 0 Å². The zero-order valence-corrected chi connectivity index (χ0v) is 6.60. The summed E-state index contributed by atoms with van der Waals surface area (Å²) in [6.45, 7) is 0. The Balaban J connectivity index is 3.31. The fourth-order valence-electron chi connectivity index (χ4n) is 0.906. The molecule has 0 aromatic rings. The van der Waals surface area contributed by atoms with Gasteiger partial charge in [0.25, 0.3) is 0 Å². The van der Waals surface area contributed by atoms with E-state index in [1.165, 1.54) is 0 Å². The number of alkyl halides is 1. The fourth-order valence-corrected chi connectivity index (χ4v) is 0.906. The van der Waals surface area contributed by atoms with Crippen LogP contribution in [-0.4, -0.2) is 40.3 Å². The van der Waals surface area contributed by atoms with Gasteiger partial charge < -0.3 is 10.2 Å². The second kappa shape index (κ2) is 3.36. The van der Waals surface area contributed by atoms with Crippen LogP contribution in [0, 0.1) is 0 Å². The predicted molar refractivity (Wildman–Crippen MR) is 40.7 cm³/mol. The molecule has 1 atom stereocenters. The smallest absolute Gasteiger partial charge is 0.355 e. The molecular formula is C7H4FNO5. The van der Waals surface area contributed by atoms with E-state index in [9.17, 15) is 18.8 Å². The third-order valence-electron chi connectivity index (χ3n) is 1.51. The lowest BCUT2D eigenvalue weighted by Crippen LogP contribution is -2.30. The Morgan fingerprint density at radius 1 is 1.36 bits per heavy atom. The number of carboxylic acid groups (broad SMARTS) is 2. The number of aliphatic imine (C=N–C) groups is 1. The maximum Gasteiger partial charge on any atom is 0.355 e. The molecule has 1 rings (SSSR count). The quantitative estimate of drug-likeness (QED) is 0.620. The summed E-state index contributed by atoms with van der Waals surface area (Å²) in [5.74, 6) is -4.67. The van der Waals surface area contributed by atoms with Crippen molar-refractivity contribution in [1.82, 2.24) is 0 Å². The minimum absolute atomic E-state index is 0.459. The molecule has 0 bridgehead atoms. The van der Waals surface area contributed by atoms with Crippen molar-refractivity contribution in [2.75, 3.05) is 0 Å². The SMILES string of the molecule is O=C(O)C1=C(C(=O)O)C(F)C(=O)C=N1. The van der Waals surface area contributed by atoms with Crippen LogP contribution in [0.1, 0.15) is 0 Å². The maximum atomic E-state index is 13.0. The number of halogens is 1. The van der Waals surface area contributed by atoms with E-state index < -0.39 is 35.2 Å². The Morgan fingerprint density at radius 2 is 1.93 bits per heavy atom. The minimum atomic E-state index is -2.46. The van der Waals surface area contributed by atoms with E-state index in [1.54, 1.807) is 0 Å². The lowest BCUT2D eigenvalue weighted by atomic mass is 10.0. The van der Waals surface area contributed by atoms with Crippen LogP contribution in [0.15, 0.2) is 16.3 Å². The van der Waals surface area contributed by atoms with E-state index in [4.69, 9.17) is 10.2 Å². The first-order valence-electron chi connectivity index (χ1n) is 3.38. The molecule has 1 aliphatic rings. The Labute approximate surface area is 76.4 Å². The number of Topliss-reactive ketones (excluding diaryl/α,β-unsaturated/α-hetero) is 1. The third kappa shape index (κ3) is 1.51. The summed E-state index contributed by atoms with van der Waals surface area (Å²) < 4.78 is 13.0. The molecule has 0 aromatic heterocycles. The van der Waals surface area contributed by atoms with Gasteiger partial charge in [-0.15, -0.1) is 0 Å². The molecule has 0 saturated carbocycles. The summed E-state index contributed by atoms with van der Waals surface area (Å²) in [5.41, 5.74) is -2.09. The van der Waals surface area contributed by atoms with E-state index in [2.05, 4.69) is 4.99 Å². The summed E-state index contributed by atoms with van der Waals surface area (Å²) in [6.07, 6.45) is -2.00. The molecule has 14 heavy (non-hydrogen) atoms. The summed E-state index contributed by atoms with van der Waals surface area (Å²) in [5, 5.41) is 16.9. The molecule has 74 valence electrons. The fraction of sp³-hybridized carbons (Fsp3) is 0.143. The van der Waals surface area contributed by atoms with Gasteiger partial charge in [-0.2, -0.15) is 0 Å². The summed E-state index contributed by atoms with van der Waals surface area (Å²) in [6, 6.07) is 0. The number of ketones is 1. The van der Waals surface area contributed by atoms with Gasteiger partial charge in [-0.3, -0.25) is 4.79 Å². The second-order valence-electron chi connectivity index (χ2n) is 2.40. The number of aliphatic carboxylic acids is 2. The highest BCUT2D eigenvalue weighted by Gasteiger charge is 2.35. The Bertz CT molecular complexity index is 384. The van der Waals surface area contributed by atoms with Gasteiger partial charge in [-0.1, -0.05) is 0 Å². The largest absolute Gasteiger partial charge is 0.478 e. The van der Waals surface area contributed by atoms with Crippen molar-refractivity contribution >= 4 is 23.9 Å². The first-order chi connectivity index (χ1) is 6.45. The number of hydrogen-bond acceptors (Lipinski definition) is 4.